The van der Waals surface area contributed by atoms with Crippen LogP contribution in [-0.4, -0.2) is 14.5 Å². The van der Waals surface area contributed by atoms with Gasteiger partial charge in [-0.15, -0.1) is 24.8 Å². The maximum atomic E-state index is 12.5. The van der Waals surface area contributed by atoms with Gasteiger partial charge in [0.25, 0.3) is 5.56 Å². The van der Waals surface area contributed by atoms with Crippen molar-refractivity contribution >= 4 is 52.9 Å². The Morgan fingerprint density at radius 1 is 1.36 bits per heavy atom. The number of nitrogens with zero attached hydrogens (tertiary/aromatic N) is 2. The number of nitrogens with one attached hydrogen (secondary N) is 1. The Labute approximate surface area is 144 Å². The lowest BCUT2D eigenvalue weighted by atomic mass is 10.1. The molecule has 5 nitrogen and oxygen atoms in total. The molecule has 0 spiro atoms. The number of nitrogen functional groups attached to an aromatic ring is 1. The van der Waals surface area contributed by atoms with Crippen molar-refractivity contribution in [2.75, 3.05) is 5.73 Å². The fraction of sp³-hybridized carbons (Fsp3) is 0.143. The van der Waals surface area contributed by atoms with Gasteiger partial charge in [0.05, 0.1) is 29.3 Å². The van der Waals surface area contributed by atoms with Gasteiger partial charge in [0.15, 0.2) is 0 Å². The highest BCUT2D eigenvalue weighted by molar-refractivity contribution is 6.33. The van der Waals surface area contributed by atoms with Crippen LogP contribution in [0.5, 0.6) is 0 Å². The summed E-state index contributed by atoms with van der Waals surface area (Å²) >= 11 is 5.99. The zero-order valence-corrected chi connectivity index (χ0v) is 14.1. The van der Waals surface area contributed by atoms with E-state index in [9.17, 15) is 4.79 Å². The summed E-state index contributed by atoms with van der Waals surface area (Å²) in [5, 5.41) is 1.73. The van der Waals surface area contributed by atoms with Crippen LogP contribution >= 0.6 is 36.4 Å². The van der Waals surface area contributed by atoms with Crippen molar-refractivity contribution in [1.82, 2.24) is 14.5 Å². The molecule has 0 saturated heterocycles. The molecule has 3 rings (SSSR count). The zero-order valence-electron chi connectivity index (χ0n) is 11.7. The first kappa shape index (κ1) is 18.4. The molecule has 0 amide bonds. The van der Waals surface area contributed by atoms with E-state index in [0.29, 0.717) is 22.6 Å². The average molecular weight is 362 g/mol. The molecule has 0 radical (unpaired) electrons. The van der Waals surface area contributed by atoms with Gasteiger partial charge in [0, 0.05) is 17.3 Å². The number of hydrogen-bond donors (Lipinski definition) is 2. The number of aromatic nitrogens is 3. The average Bonchev–Trinajstić information content (AvgIpc) is 2.81. The summed E-state index contributed by atoms with van der Waals surface area (Å²) in [4.78, 5) is 19.7. The van der Waals surface area contributed by atoms with E-state index in [1.165, 1.54) is 0 Å². The smallest absolute Gasteiger partial charge is 0.258 e. The molecule has 3 N–H and O–H groups in total. The summed E-state index contributed by atoms with van der Waals surface area (Å²) < 4.78 is 1.61. The number of anilines is 1. The lowest BCUT2D eigenvalue weighted by Gasteiger charge is -2.07. The molecule has 0 unspecified atom stereocenters. The Balaban J connectivity index is 0.00000121. The highest BCUT2D eigenvalue weighted by Crippen LogP contribution is 2.23. The number of aromatic amines is 1. The standard InChI is InChI=1S/C14H13ClN4O.2ClH/c1-8-13(18-7-17-8)6-19-3-2-9-4-12(16)11(15)5-10(9)14(19)20;;/h2-5,7H,6,16H2,1H3,(H,17,18);2*1H. The van der Waals surface area contributed by atoms with Crippen molar-refractivity contribution in [2.45, 2.75) is 13.5 Å². The van der Waals surface area contributed by atoms with Crippen molar-refractivity contribution in [3.63, 3.8) is 0 Å². The minimum atomic E-state index is -0.105. The lowest BCUT2D eigenvalue weighted by Crippen LogP contribution is -2.20. The molecular formula is C14H15Cl3N4O. The molecule has 22 heavy (non-hydrogen) atoms. The van der Waals surface area contributed by atoms with Crippen LogP contribution in [0, 0.1) is 6.92 Å². The number of nitrogens with two attached hydrogens (primary N) is 1. The first-order chi connectivity index (χ1) is 9.56. The predicted molar refractivity (Wildman–Crippen MR) is 94.6 cm³/mol. The monoisotopic (exact) mass is 360 g/mol. The molecule has 2 heterocycles. The first-order valence-corrected chi connectivity index (χ1v) is 6.51. The summed E-state index contributed by atoms with van der Waals surface area (Å²) in [6, 6.07) is 5.18. The number of pyridine rings is 1. The second-order valence-corrected chi connectivity index (χ2v) is 5.09. The van der Waals surface area contributed by atoms with Crippen molar-refractivity contribution < 1.29 is 0 Å². The minimum absolute atomic E-state index is 0. The molecule has 0 aliphatic heterocycles. The quantitative estimate of drug-likeness (QED) is 0.688. The number of imidazole rings is 1. The van der Waals surface area contributed by atoms with Crippen LogP contribution in [0.4, 0.5) is 5.69 Å². The van der Waals surface area contributed by atoms with Crippen molar-refractivity contribution in [1.29, 1.82) is 0 Å². The molecule has 0 fully saturated rings. The van der Waals surface area contributed by atoms with E-state index in [1.54, 1.807) is 29.2 Å². The molecule has 0 aliphatic rings. The molecule has 1 aromatic carbocycles. The second-order valence-electron chi connectivity index (χ2n) is 4.68. The third kappa shape index (κ3) is 3.21. The Morgan fingerprint density at radius 3 is 2.73 bits per heavy atom. The number of benzene rings is 1. The fourth-order valence-electron chi connectivity index (χ4n) is 2.16. The van der Waals surface area contributed by atoms with E-state index in [-0.39, 0.29) is 30.4 Å². The first-order valence-electron chi connectivity index (χ1n) is 6.13. The van der Waals surface area contributed by atoms with Gasteiger partial charge in [-0.3, -0.25) is 4.79 Å². The SMILES string of the molecule is Cc1[nH]cnc1Cn1ccc2cc(N)c(Cl)cc2c1=O.Cl.Cl. The number of hydrogen-bond acceptors (Lipinski definition) is 3. The van der Waals surface area contributed by atoms with Crippen LogP contribution in [0.3, 0.4) is 0 Å². The Bertz CT molecular complexity index is 857. The zero-order chi connectivity index (χ0) is 14.3. The molecule has 118 valence electrons. The van der Waals surface area contributed by atoms with E-state index >= 15 is 0 Å². The normalized spacial score (nSPS) is 10.1. The number of rotatable bonds is 2. The molecule has 0 bridgehead atoms. The summed E-state index contributed by atoms with van der Waals surface area (Å²) in [6.07, 6.45) is 3.36. The summed E-state index contributed by atoms with van der Waals surface area (Å²) in [5.74, 6) is 0. The largest absolute Gasteiger partial charge is 0.398 e. The van der Waals surface area contributed by atoms with Crippen molar-refractivity contribution in [3.05, 3.63) is 57.5 Å². The van der Waals surface area contributed by atoms with Gasteiger partial charge >= 0.3 is 0 Å². The van der Waals surface area contributed by atoms with Gasteiger partial charge in [-0.05, 0) is 30.5 Å². The van der Waals surface area contributed by atoms with E-state index in [4.69, 9.17) is 17.3 Å². The third-order valence-electron chi connectivity index (χ3n) is 3.35. The Kier molecular flexibility index (Phi) is 5.88. The van der Waals surface area contributed by atoms with E-state index in [1.807, 2.05) is 13.0 Å². The Hall–Kier alpha value is -1.69. The topological polar surface area (TPSA) is 76.7 Å². The van der Waals surface area contributed by atoms with Crippen LogP contribution in [0.1, 0.15) is 11.4 Å². The molecule has 2 aromatic heterocycles. The number of fused-ring (bicyclic) bond motifs is 1. The van der Waals surface area contributed by atoms with Crippen LogP contribution in [-0.2, 0) is 6.54 Å². The number of H-pyrrole nitrogens is 1. The van der Waals surface area contributed by atoms with E-state index < -0.39 is 0 Å². The molecular weight excluding hydrogens is 347 g/mol. The van der Waals surface area contributed by atoms with Gasteiger partial charge in [0.1, 0.15) is 0 Å². The highest BCUT2D eigenvalue weighted by atomic mass is 35.5. The molecule has 0 aliphatic carbocycles. The highest BCUT2D eigenvalue weighted by Gasteiger charge is 2.08. The van der Waals surface area contributed by atoms with Crippen molar-refractivity contribution in [2.24, 2.45) is 0 Å². The second kappa shape index (κ2) is 7.05. The number of aryl methyl sites for hydroxylation is 1. The van der Waals surface area contributed by atoms with E-state index in [0.717, 1.165) is 16.8 Å². The van der Waals surface area contributed by atoms with Gasteiger partial charge < -0.3 is 15.3 Å². The maximum Gasteiger partial charge on any atom is 0.258 e. The van der Waals surface area contributed by atoms with Crippen LogP contribution in [0.25, 0.3) is 10.8 Å². The molecule has 0 atom stereocenters. The summed E-state index contributed by atoms with van der Waals surface area (Å²) in [5.41, 5.74) is 7.91. The number of halogens is 3. The lowest BCUT2D eigenvalue weighted by molar-refractivity contribution is 0.746. The van der Waals surface area contributed by atoms with Gasteiger partial charge in [-0.25, -0.2) is 4.98 Å². The Morgan fingerprint density at radius 2 is 2.09 bits per heavy atom. The molecule has 0 saturated carbocycles. The predicted octanol–water partition coefficient (Wildman–Crippen LogP) is 3.16. The van der Waals surface area contributed by atoms with Crippen LogP contribution < -0.4 is 11.3 Å². The van der Waals surface area contributed by atoms with E-state index in [2.05, 4.69) is 9.97 Å². The van der Waals surface area contributed by atoms with Gasteiger partial charge in [-0.2, -0.15) is 0 Å². The minimum Gasteiger partial charge on any atom is -0.398 e. The van der Waals surface area contributed by atoms with Crippen LogP contribution in [0.2, 0.25) is 5.02 Å². The van der Waals surface area contributed by atoms with Gasteiger partial charge in [0.2, 0.25) is 0 Å². The summed E-state index contributed by atoms with van der Waals surface area (Å²) in [6.45, 7) is 2.35. The fourth-order valence-corrected chi connectivity index (χ4v) is 2.32. The molecule has 8 heteroatoms. The molecule has 3 aromatic rings. The third-order valence-corrected chi connectivity index (χ3v) is 3.68. The van der Waals surface area contributed by atoms with Crippen molar-refractivity contribution in [3.8, 4) is 0 Å². The van der Waals surface area contributed by atoms with Gasteiger partial charge in [-0.1, -0.05) is 11.6 Å². The maximum absolute atomic E-state index is 12.5. The summed E-state index contributed by atoms with van der Waals surface area (Å²) in [7, 11) is 0. The van der Waals surface area contributed by atoms with Crippen LogP contribution in [0.15, 0.2) is 35.5 Å².